The third-order valence-corrected chi connectivity index (χ3v) is 3.59. The number of carbonyl (C=O) groups excluding carboxylic acids is 1. The van der Waals surface area contributed by atoms with E-state index in [0.717, 1.165) is 0 Å². The zero-order valence-electron chi connectivity index (χ0n) is 11.3. The van der Waals surface area contributed by atoms with E-state index in [1.165, 1.54) is 42.4 Å². The van der Waals surface area contributed by atoms with E-state index < -0.39 is 0 Å². The fourth-order valence-electron chi connectivity index (χ4n) is 2.56. The molecule has 3 nitrogen and oxygen atoms in total. The Hall–Kier alpha value is -1.35. The topological polar surface area (TPSA) is 41.1 Å². The van der Waals surface area contributed by atoms with Gasteiger partial charge in [-0.2, -0.15) is 0 Å². The van der Waals surface area contributed by atoms with Crippen molar-refractivity contribution in [3.63, 3.8) is 0 Å². The molecule has 0 aromatic heterocycles. The quantitative estimate of drug-likeness (QED) is 0.852. The minimum absolute atomic E-state index is 0.0442. The molecule has 0 heterocycles. The Morgan fingerprint density at radius 2 is 2.00 bits per heavy atom. The van der Waals surface area contributed by atoms with Gasteiger partial charge in [0.1, 0.15) is 0 Å². The molecule has 0 fully saturated rings. The molecule has 1 aliphatic rings. The normalized spacial score (nSPS) is 15.9. The Morgan fingerprint density at radius 3 is 2.72 bits per heavy atom. The van der Waals surface area contributed by atoms with E-state index in [-0.39, 0.29) is 11.9 Å². The molecule has 1 unspecified atom stereocenters. The number of aryl methyl sites for hydroxylation is 2. The first-order valence-corrected chi connectivity index (χ1v) is 6.76. The van der Waals surface area contributed by atoms with Gasteiger partial charge in [0, 0.05) is 0 Å². The molecule has 2 N–H and O–H groups in total. The second-order valence-corrected chi connectivity index (χ2v) is 5.05. The Balaban J connectivity index is 2.06. The van der Waals surface area contributed by atoms with Crippen molar-refractivity contribution in [3.8, 4) is 0 Å². The fourth-order valence-corrected chi connectivity index (χ4v) is 2.56. The Labute approximate surface area is 109 Å². The van der Waals surface area contributed by atoms with Gasteiger partial charge in [0.2, 0.25) is 5.91 Å². The molecular formula is C15H22N2O. The molecule has 98 valence electrons. The summed E-state index contributed by atoms with van der Waals surface area (Å²) < 4.78 is 0. The van der Waals surface area contributed by atoms with Gasteiger partial charge in [-0.05, 0) is 56.3 Å². The predicted octanol–water partition coefficient (Wildman–Crippen LogP) is 1.96. The van der Waals surface area contributed by atoms with Gasteiger partial charge < -0.3 is 10.6 Å². The average Bonchev–Trinajstić information content (AvgIpc) is 2.38. The molecule has 0 saturated heterocycles. The van der Waals surface area contributed by atoms with E-state index in [1.807, 2.05) is 6.92 Å². The molecule has 1 aliphatic carbocycles. The van der Waals surface area contributed by atoms with Crippen LogP contribution in [0.2, 0.25) is 0 Å². The summed E-state index contributed by atoms with van der Waals surface area (Å²) in [5.41, 5.74) is 4.16. The van der Waals surface area contributed by atoms with E-state index in [9.17, 15) is 4.79 Å². The maximum absolute atomic E-state index is 11.5. The van der Waals surface area contributed by atoms with Crippen molar-refractivity contribution in [2.45, 2.75) is 38.6 Å². The summed E-state index contributed by atoms with van der Waals surface area (Å²) in [4.78, 5) is 11.5. The number of fused-ring (bicyclic) bond motifs is 1. The smallest absolute Gasteiger partial charge is 0.234 e. The summed E-state index contributed by atoms with van der Waals surface area (Å²) in [6, 6.07) is 6.72. The first-order chi connectivity index (χ1) is 8.70. The Morgan fingerprint density at radius 1 is 1.28 bits per heavy atom. The summed E-state index contributed by atoms with van der Waals surface area (Å²) in [6.45, 7) is 2.41. The highest BCUT2D eigenvalue weighted by molar-refractivity contribution is 5.78. The van der Waals surface area contributed by atoms with Gasteiger partial charge in [-0.1, -0.05) is 18.2 Å². The van der Waals surface area contributed by atoms with E-state index in [1.54, 1.807) is 7.05 Å². The monoisotopic (exact) mass is 246 g/mol. The lowest BCUT2D eigenvalue weighted by atomic mass is 9.89. The summed E-state index contributed by atoms with van der Waals surface area (Å²) in [6.07, 6.45) is 4.98. The molecule has 0 saturated carbocycles. The molecule has 3 heteroatoms. The van der Waals surface area contributed by atoms with Crippen molar-refractivity contribution < 1.29 is 4.79 Å². The van der Waals surface area contributed by atoms with Crippen LogP contribution in [0.1, 0.15) is 42.5 Å². The highest BCUT2D eigenvalue weighted by Gasteiger charge is 2.13. The Bertz CT molecular complexity index is 429. The van der Waals surface area contributed by atoms with Crippen molar-refractivity contribution >= 4 is 5.91 Å². The zero-order chi connectivity index (χ0) is 13.0. The van der Waals surface area contributed by atoms with Gasteiger partial charge in [-0.3, -0.25) is 4.79 Å². The van der Waals surface area contributed by atoms with Crippen LogP contribution < -0.4 is 10.6 Å². The second-order valence-electron chi connectivity index (χ2n) is 5.05. The van der Waals surface area contributed by atoms with Gasteiger partial charge in [0.15, 0.2) is 0 Å². The van der Waals surface area contributed by atoms with E-state index in [4.69, 9.17) is 0 Å². The van der Waals surface area contributed by atoms with E-state index >= 15 is 0 Å². The van der Waals surface area contributed by atoms with Crippen molar-refractivity contribution in [3.05, 3.63) is 34.9 Å². The van der Waals surface area contributed by atoms with Gasteiger partial charge in [-0.15, -0.1) is 0 Å². The van der Waals surface area contributed by atoms with Crippen LogP contribution in [-0.2, 0) is 17.6 Å². The molecule has 1 aromatic rings. The molecule has 2 rings (SSSR count). The maximum atomic E-state index is 11.5. The van der Waals surface area contributed by atoms with Crippen LogP contribution in [0.3, 0.4) is 0 Å². The van der Waals surface area contributed by atoms with Crippen molar-refractivity contribution in [1.29, 1.82) is 0 Å². The molecule has 1 aromatic carbocycles. The van der Waals surface area contributed by atoms with Crippen LogP contribution in [0, 0.1) is 0 Å². The van der Waals surface area contributed by atoms with Crippen LogP contribution in [-0.4, -0.2) is 19.5 Å². The van der Waals surface area contributed by atoms with Gasteiger partial charge in [0.25, 0.3) is 0 Å². The highest BCUT2D eigenvalue weighted by atomic mass is 16.1. The third kappa shape index (κ3) is 3.10. The van der Waals surface area contributed by atoms with Gasteiger partial charge in [0.05, 0.1) is 12.6 Å². The van der Waals surface area contributed by atoms with Crippen molar-refractivity contribution in [2.24, 2.45) is 0 Å². The molecule has 1 amide bonds. The molecule has 0 spiro atoms. The molecule has 0 radical (unpaired) electrons. The summed E-state index contributed by atoms with van der Waals surface area (Å²) in [7, 11) is 1.78. The second kappa shape index (κ2) is 6.01. The van der Waals surface area contributed by atoms with E-state index in [0.29, 0.717) is 6.54 Å². The summed E-state index contributed by atoms with van der Waals surface area (Å²) in [5.74, 6) is 0.0442. The van der Waals surface area contributed by atoms with Crippen molar-refractivity contribution in [2.75, 3.05) is 13.6 Å². The van der Waals surface area contributed by atoms with Crippen LogP contribution in [0.25, 0.3) is 0 Å². The van der Waals surface area contributed by atoms with Crippen LogP contribution in [0.4, 0.5) is 0 Å². The van der Waals surface area contributed by atoms with E-state index in [2.05, 4.69) is 28.8 Å². The number of benzene rings is 1. The lowest BCUT2D eigenvalue weighted by molar-refractivity contribution is -0.120. The predicted molar refractivity (Wildman–Crippen MR) is 73.6 cm³/mol. The lowest BCUT2D eigenvalue weighted by Crippen LogP contribution is -2.34. The Kier molecular flexibility index (Phi) is 4.37. The minimum Gasteiger partial charge on any atom is -0.348 e. The highest BCUT2D eigenvalue weighted by Crippen LogP contribution is 2.24. The first kappa shape index (κ1) is 13.1. The minimum atomic E-state index is 0.0442. The van der Waals surface area contributed by atoms with Crippen LogP contribution in [0.5, 0.6) is 0 Å². The number of likely N-dealkylation sites (N-methyl/N-ethyl adjacent to an activating group) is 1. The summed E-state index contributed by atoms with van der Waals surface area (Å²) >= 11 is 0. The molecule has 1 atom stereocenters. The number of carbonyl (C=O) groups is 1. The number of rotatable bonds is 4. The molecular weight excluding hydrogens is 224 g/mol. The SMILES string of the molecule is CNCC(=O)NC(C)c1ccc2c(c1)CCCC2. The van der Waals surface area contributed by atoms with Crippen LogP contribution >= 0.6 is 0 Å². The molecule has 0 bridgehead atoms. The van der Waals surface area contributed by atoms with Crippen LogP contribution in [0.15, 0.2) is 18.2 Å². The van der Waals surface area contributed by atoms with Gasteiger partial charge in [-0.25, -0.2) is 0 Å². The standard InChI is InChI=1S/C15H22N2O/c1-11(17-15(18)10-16-2)13-8-7-12-5-3-4-6-14(12)9-13/h7-9,11,16H,3-6,10H2,1-2H3,(H,17,18). The number of hydrogen-bond acceptors (Lipinski definition) is 2. The van der Waals surface area contributed by atoms with Gasteiger partial charge >= 0.3 is 0 Å². The number of nitrogens with one attached hydrogen (secondary N) is 2. The first-order valence-electron chi connectivity index (χ1n) is 6.76. The maximum Gasteiger partial charge on any atom is 0.234 e. The average molecular weight is 246 g/mol. The fraction of sp³-hybridized carbons (Fsp3) is 0.533. The number of hydrogen-bond donors (Lipinski definition) is 2. The largest absolute Gasteiger partial charge is 0.348 e. The molecule has 18 heavy (non-hydrogen) atoms. The zero-order valence-corrected chi connectivity index (χ0v) is 11.3. The third-order valence-electron chi connectivity index (χ3n) is 3.59. The molecule has 0 aliphatic heterocycles. The number of amides is 1. The summed E-state index contributed by atoms with van der Waals surface area (Å²) in [5, 5.41) is 5.86. The lowest BCUT2D eigenvalue weighted by Gasteiger charge is -2.20. The van der Waals surface area contributed by atoms with Crippen molar-refractivity contribution in [1.82, 2.24) is 10.6 Å².